The minimum absolute atomic E-state index is 0.0216. The number of ether oxygens (including phenoxy) is 2. The lowest BCUT2D eigenvalue weighted by molar-refractivity contribution is -0.870. The molecule has 0 rings (SSSR count). The van der Waals surface area contributed by atoms with E-state index in [2.05, 4.69) is 111 Å². The summed E-state index contributed by atoms with van der Waals surface area (Å²) >= 11 is 0. The lowest BCUT2D eigenvalue weighted by Gasteiger charge is -2.28. The quantitative estimate of drug-likeness (QED) is 0.0161. The van der Waals surface area contributed by atoms with Crippen LogP contribution in [0.3, 0.4) is 0 Å². The highest BCUT2D eigenvalue weighted by Crippen LogP contribution is 2.38. The van der Waals surface area contributed by atoms with E-state index < -0.39 is 38.6 Å². The van der Waals surface area contributed by atoms with Crippen molar-refractivity contribution in [2.75, 3.05) is 47.5 Å². The number of esters is 2. The van der Waals surface area contributed by atoms with E-state index in [0.29, 0.717) is 30.3 Å². The zero-order valence-electron chi connectivity index (χ0n) is 38.2. The van der Waals surface area contributed by atoms with Crippen LogP contribution in [0.25, 0.3) is 0 Å². The molecule has 0 spiro atoms. The van der Waals surface area contributed by atoms with Crippen LogP contribution in [0.1, 0.15) is 123 Å². The highest BCUT2D eigenvalue weighted by Gasteiger charge is 2.22. The molecule has 10 nitrogen and oxygen atoms in total. The zero-order chi connectivity index (χ0) is 45.1. The summed E-state index contributed by atoms with van der Waals surface area (Å²) in [7, 11) is 1.00. The third-order valence-corrected chi connectivity index (χ3v) is 9.55. The molecule has 0 amide bonds. The van der Waals surface area contributed by atoms with Crippen LogP contribution in [0.2, 0.25) is 0 Å². The second-order valence-corrected chi connectivity index (χ2v) is 16.9. The van der Waals surface area contributed by atoms with Crippen molar-refractivity contribution in [3.05, 3.63) is 122 Å². The fraction of sp³-hybridized carbons (Fsp3) is 0.560. The van der Waals surface area contributed by atoms with Gasteiger partial charge in [-0.05, 0) is 89.9 Å². The van der Waals surface area contributed by atoms with Gasteiger partial charge in [-0.1, -0.05) is 142 Å². The number of quaternary nitrogens is 1. The third kappa shape index (κ3) is 44.2. The van der Waals surface area contributed by atoms with Crippen LogP contribution in [-0.2, 0) is 32.7 Å². The fourth-order valence-electron chi connectivity index (χ4n) is 5.12. The Kier molecular flexibility index (Phi) is 38.0. The third-order valence-electron chi connectivity index (χ3n) is 8.58. The van der Waals surface area contributed by atoms with Gasteiger partial charge in [-0.25, -0.2) is 0 Å². The number of hydrogen-bond acceptors (Lipinski definition) is 9. The summed E-state index contributed by atoms with van der Waals surface area (Å²) in [5.41, 5.74) is 0. The monoisotopic (exact) mass is 870 g/mol. The number of allylic oxidation sites excluding steroid dienone is 19. The summed E-state index contributed by atoms with van der Waals surface area (Å²) in [6.07, 6.45) is 52.6. The van der Waals surface area contributed by atoms with Crippen molar-refractivity contribution in [2.45, 2.75) is 135 Å². The number of rotatable bonds is 38. The maximum atomic E-state index is 12.7. The van der Waals surface area contributed by atoms with Crippen LogP contribution >= 0.6 is 7.82 Å². The Labute approximate surface area is 370 Å². The normalized spacial score (nSPS) is 15.2. The highest BCUT2D eigenvalue weighted by atomic mass is 31.2. The van der Waals surface area contributed by atoms with Gasteiger partial charge in [0.2, 0.25) is 0 Å². The van der Waals surface area contributed by atoms with Gasteiger partial charge in [0.15, 0.2) is 6.10 Å². The number of unbranched alkanes of at least 4 members (excludes halogenated alkanes) is 3. The molecule has 0 aliphatic rings. The van der Waals surface area contributed by atoms with Gasteiger partial charge in [0, 0.05) is 12.8 Å². The number of nitrogens with zero attached hydrogens (tertiary/aromatic N) is 1. The Morgan fingerprint density at radius 1 is 0.607 bits per heavy atom. The van der Waals surface area contributed by atoms with Crippen molar-refractivity contribution in [3.8, 4) is 0 Å². The lowest BCUT2D eigenvalue weighted by atomic mass is 10.1. The second kappa shape index (κ2) is 40.4. The Morgan fingerprint density at radius 3 is 1.62 bits per heavy atom. The molecule has 11 heteroatoms. The molecule has 0 aliphatic heterocycles. The smallest absolute Gasteiger partial charge is 0.306 e. The van der Waals surface area contributed by atoms with Gasteiger partial charge < -0.3 is 33.0 Å². The van der Waals surface area contributed by atoms with Gasteiger partial charge in [0.05, 0.1) is 33.9 Å². The van der Waals surface area contributed by atoms with Crippen LogP contribution < -0.4 is 4.89 Å². The molecule has 0 fully saturated rings. The molecule has 0 radical (unpaired) electrons. The number of likely N-dealkylation sites (N-methyl/N-ethyl adjacent to an activating group) is 1. The van der Waals surface area contributed by atoms with Gasteiger partial charge in [0.25, 0.3) is 7.82 Å². The SMILES string of the molecule is CC/C=C\C/C=C\C/C=C\C/C=C\C=C\C(O)CCCC(=O)O[C@H](COC(=O)CCCCC/C=C\C/C=C\C/C=C\C/C=C\C/C=C\CC)COP(=O)([O-])OCC[N+](C)(C)C. The molecule has 0 aromatic rings. The van der Waals surface area contributed by atoms with E-state index in [1.54, 1.807) is 12.2 Å². The van der Waals surface area contributed by atoms with Gasteiger partial charge in [-0.2, -0.15) is 0 Å². The summed E-state index contributed by atoms with van der Waals surface area (Å²) in [5, 5.41) is 10.3. The van der Waals surface area contributed by atoms with Crippen molar-refractivity contribution < 1.29 is 47.2 Å². The van der Waals surface area contributed by atoms with Crippen molar-refractivity contribution in [2.24, 2.45) is 0 Å². The summed E-state index contributed by atoms with van der Waals surface area (Å²) in [4.78, 5) is 37.6. The number of phosphoric acid groups is 1. The number of carbonyl (C=O) groups excluding carboxylic acids is 2. The second-order valence-electron chi connectivity index (χ2n) is 15.5. The number of phosphoric ester groups is 1. The molecule has 3 atom stereocenters. The van der Waals surface area contributed by atoms with Crippen molar-refractivity contribution in [1.29, 1.82) is 0 Å². The average molecular weight is 870 g/mol. The average Bonchev–Trinajstić information content (AvgIpc) is 3.21. The predicted octanol–water partition coefficient (Wildman–Crippen LogP) is 11.2. The summed E-state index contributed by atoms with van der Waals surface area (Å²) in [6.45, 7) is 3.69. The van der Waals surface area contributed by atoms with E-state index in [9.17, 15) is 24.2 Å². The Morgan fingerprint density at radius 2 is 1.10 bits per heavy atom. The predicted molar refractivity (Wildman–Crippen MR) is 250 cm³/mol. The van der Waals surface area contributed by atoms with Gasteiger partial charge in [0.1, 0.15) is 19.8 Å². The first-order chi connectivity index (χ1) is 29.4. The fourth-order valence-corrected chi connectivity index (χ4v) is 5.85. The van der Waals surface area contributed by atoms with Crippen LogP contribution in [0.5, 0.6) is 0 Å². The summed E-state index contributed by atoms with van der Waals surface area (Å²) in [5.74, 6) is -1.09. The first-order valence-electron chi connectivity index (χ1n) is 22.4. The van der Waals surface area contributed by atoms with E-state index in [-0.39, 0.29) is 26.1 Å². The molecule has 0 heterocycles. The van der Waals surface area contributed by atoms with Gasteiger partial charge >= 0.3 is 11.9 Å². The molecule has 0 aromatic heterocycles. The maximum Gasteiger partial charge on any atom is 0.306 e. The van der Waals surface area contributed by atoms with Gasteiger partial charge in [-0.15, -0.1) is 0 Å². The molecule has 61 heavy (non-hydrogen) atoms. The zero-order valence-corrected chi connectivity index (χ0v) is 39.1. The highest BCUT2D eigenvalue weighted by molar-refractivity contribution is 7.45. The molecule has 0 bridgehead atoms. The van der Waals surface area contributed by atoms with Crippen LogP contribution in [-0.4, -0.2) is 81.2 Å². The van der Waals surface area contributed by atoms with E-state index >= 15 is 0 Å². The van der Waals surface area contributed by atoms with E-state index in [1.165, 1.54) is 0 Å². The topological polar surface area (TPSA) is 131 Å². The van der Waals surface area contributed by atoms with Crippen LogP contribution in [0, 0.1) is 0 Å². The molecular weight excluding hydrogens is 790 g/mol. The molecule has 1 N–H and O–H groups in total. The van der Waals surface area contributed by atoms with Crippen molar-refractivity contribution in [1.82, 2.24) is 0 Å². The Hall–Kier alpha value is -3.63. The number of hydrogen-bond donors (Lipinski definition) is 1. The summed E-state index contributed by atoms with van der Waals surface area (Å²) < 4.78 is 33.7. The molecular formula is C50H80NO9P. The Bertz CT molecular complexity index is 1460. The minimum Gasteiger partial charge on any atom is -0.756 e. The molecule has 0 aliphatic carbocycles. The molecule has 0 aromatic carbocycles. The summed E-state index contributed by atoms with van der Waals surface area (Å²) in [6, 6.07) is 0. The number of aliphatic hydroxyl groups is 1. The minimum atomic E-state index is -4.70. The first-order valence-corrected chi connectivity index (χ1v) is 23.8. The lowest BCUT2D eigenvalue weighted by Crippen LogP contribution is -2.37. The molecule has 0 saturated heterocycles. The standard InChI is InChI=1S/C50H80NO9P/c1-6-8-10-12-14-16-18-20-21-22-23-24-25-27-29-31-33-35-37-41-49(53)57-45-48(46-59-61(55,56)58-44-43-51(3,4)5)60-50(54)42-38-40-47(52)39-36-34-32-30-28-26-19-17-15-13-11-9-7-2/h8-11,14-17,20-21,23-24,26-29,32,34,36,39,47-48,52H,6-7,12-13,18-19,22,25,30-31,33,35,37-38,40-46H2,1-5H3/b10-8-,11-9-,16-14-,17-15-,21-20-,24-23-,28-26-,29-27-,34-32-,39-36+/t47?,48-/m1/s1. The largest absolute Gasteiger partial charge is 0.756 e. The van der Waals surface area contributed by atoms with Crippen molar-refractivity contribution >= 4 is 19.8 Å². The van der Waals surface area contributed by atoms with E-state index in [4.69, 9.17) is 18.5 Å². The number of aliphatic hydroxyl groups excluding tert-OH is 1. The van der Waals surface area contributed by atoms with Crippen molar-refractivity contribution in [3.63, 3.8) is 0 Å². The number of carbonyl (C=O) groups is 2. The molecule has 2 unspecified atom stereocenters. The van der Waals surface area contributed by atoms with Crippen LogP contribution in [0.15, 0.2) is 122 Å². The van der Waals surface area contributed by atoms with E-state index in [0.717, 1.165) is 77.0 Å². The maximum absolute atomic E-state index is 12.7. The van der Waals surface area contributed by atoms with Gasteiger partial charge in [-0.3, -0.25) is 14.2 Å². The first kappa shape index (κ1) is 57.4. The molecule has 0 saturated carbocycles. The van der Waals surface area contributed by atoms with Crippen LogP contribution in [0.4, 0.5) is 0 Å². The Balaban J connectivity index is 4.63. The van der Waals surface area contributed by atoms with E-state index in [1.807, 2.05) is 33.3 Å². The molecule has 344 valence electrons.